The number of halogens is 4. The SMILES string of the molecule is O=C(C=Cc1ccc(OC(F)(F)F)cc1)c1cc(Br)cs1. The van der Waals surface area contributed by atoms with Crippen molar-refractivity contribution >= 4 is 39.1 Å². The first-order valence-corrected chi connectivity index (χ1v) is 7.33. The molecule has 2 rings (SSSR count). The van der Waals surface area contributed by atoms with Gasteiger partial charge in [-0.1, -0.05) is 18.2 Å². The van der Waals surface area contributed by atoms with E-state index in [0.717, 1.165) is 4.47 Å². The maximum absolute atomic E-state index is 12.0. The van der Waals surface area contributed by atoms with E-state index in [1.165, 1.54) is 47.8 Å². The van der Waals surface area contributed by atoms with Gasteiger partial charge in [0.1, 0.15) is 5.75 Å². The molecule has 0 amide bonds. The van der Waals surface area contributed by atoms with Crippen LogP contribution in [0.1, 0.15) is 15.2 Å². The molecule has 0 saturated carbocycles. The zero-order valence-corrected chi connectivity index (χ0v) is 12.8. The lowest BCUT2D eigenvalue weighted by molar-refractivity contribution is -0.274. The monoisotopic (exact) mass is 376 g/mol. The number of alkyl halides is 3. The second-order valence-corrected chi connectivity index (χ2v) is 5.77. The van der Waals surface area contributed by atoms with Gasteiger partial charge in [0.05, 0.1) is 4.88 Å². The number of carbonyl (C=O) groups is 1. The van der Waals surface area contributed by atoms with Crippen molar-refractivity contribution in [1.82, 2.24) is 0 Å². The minimum atomic E-state index is -4.71. The summed E-state index contributed by atoms with van der Waals surface area (Å²) in [6.45, 7) is 0. The number of ether oxygens (including phenoxy) is 1. The van der Waals surface area contributed by atoms with E-state index in [2.05, 4.69) is 20.7 Å². The minimum absolute atomic E-state index is 0.165. The molecule has 7 heteroatoms. The Balaban J connectivity index is 2.03. The average Bonchev–Trinajstić information content (AvgIpc) is 2.82. The van der Waals surface area contributed by atoms with Gasteiger partial charge in [0, 0.05) is 9.85 Å². The van der Waals surface area contributed by atoms with Crippen LogP contribution in [0.2, 0.25) is 0 Å². The first kappa shape index (κ1) is 15.8. The number of hydrogen-bond donors (Lipinski definition) is 0. The minimum Gasteiger partial charge on any atom is -0.406 e. The molecule has 0 radical (unpaired) electrons. The van der Waals surface area contributed by atoms with E-state index in [1.807, 2.05) is 0 Å². The van der Waals surface area contributed by atoms with Gasteiger partial charge in [0.15, 0.2) is 5.78 Å². The highest BCUT2D eigenvalue weighted by molar-refractivity contribution is 9.10. The fraction of sp³-hybridized carbons (Fsp3) is 0.0714. The summed E-state index contributed by atoms with van der Waals surface area (Å²) in [5.41, 5.74) is 0.605. The summed E-state index contributed by atoms with van der Waals surface area (Å²) >= 11 is 4.57. The van der Waals surface area contributed by atoms with Crippen LogP contribution in [-0.2, 0) is 0 Å². The molecule has 0 atom stereocenters. The topological polar surface area (TPSA) is 26.3 Å². The molecular weight excluding hydrogens is 369 g/mol. The van der Waals surface area contributed by atoms with Gasteiger partial charge in [-0.25, -0.2) is 0 Å². The van der Waals surface area contributed by atoms with Crippen LogP contribution >= 0.6 is 27.3 Å². The molecule has 1 aromatic heterocycles. The average molecular weight is 377 g/mol. The third kappa shape index (κ3) is 5.02. The van der Waals surface area contributed by atoms with Gasteiger partial charge in [-0.05, 0) is 45.8 Å². The largest absolute Gasteiger partial charge is 0.573 e. The zero-order valence-electron chi connectivity index (χ0n) is 10.4. The number of benzene rings is 1. The Labute approximate surface area is 131 Å². The van der Waals surface area contributed by atoms with Crippen molar-refractivity contribution < 1.29 is 22.7 Å². The van der Waals surface area contributed by atoms with Gasteiger partial charge in [-0.3, -0.25) is 4.79 Å². The first-order valence-electron chi connectivity index (χ1n) is 5.66. The third-order valence-electron chi connectivity index (χ3n) is 2.35. The maximum atomic E-state index is 12.0. The predicted molar refractivity (Wildman–Crippen MR) is 78.5 cm³/mol. The molecular formula is C14H8BrF3O2S. The second kappa shape index (κ2) is 6.44. The zero-order chi connectivity index (χ0) is 15.5. The number of allylic oxidation sites excluding steroid dienone is 1. The molecule has 2 aromatic rings. The third-order valence-corrected chi connectivity index (χ3v) is 4.06. The highest BCUT2D eigenvalue weighted by Crippen LogP contribution is 2.23. The van der Waals surface area contributed by atoms with Gasteiger partial charge in [-0.2, -0.15) is 0 Å². The normalized spacial score (nSPS) is 11.8. The van der Waals surface area contributed by atoms with Crippen molar-refractivity contribution in [1.29, 1.82) is 0 Å². The molecule has 0 aliphatic rings. The van der Waals surface area contributed by atoms with Gasteiger partial charge in [0.25, 0.3) is 0 Å². The molecule has 21 heavy (non-hydrogen) atoms. The van der Waals surface area contributed by atoms with Crippen LogP contribution in [0, 0.1) is 0 Å². The van der Waals surface area contributed by atoms with Crippen molar-refractivity contribution in [2.45, 2.75) is 6.36 Å². The van der Waals surface area contributed by atoms with Gasteiger partial charge in [0.2, 0.25) is 0 Å². The van der Waals surface area contributed by atoms with Crippen molar-refractivity contribution in [3.63, 3.8) is 0 Å². The van der Waals surface area contributed by atoms with Gasteiger partial charge < -0.3 is 4.74 Å². The van der Waals surface area contributed by atoms with Crippen LogP contribution in [-0.4, -0.2) is 12.1 Å². The number of carbonyl (C=O) groups excluding carboxylic acids is 1. The molecule has 0 unspecified atom stereocenters. The Kier molecular flexibility index (Phi) is 4.84. The smallest absolute Gasteiger partial charge is 0.406 e. The van der Waals surface area contributed by atoms with Crippen molar-refractivity contribution in [3.8, 4) is 5.75 Å². The highest BCUT2D eigenvalue weighted by atomic mass is 79.9. The lowest BCUT2D eigenvalue weighted by atomic mass is 10.2. The van der Waals surface area contributed by atoms with Crippen LogP contribution in [0.25, 0.3) is 6.08 Å². The summed E-state index contributed by atoms with van der Waals surface area (Å²) in [7, 11) is 0. The fourth-order valence-electron chi connectivity index (χ4n) is 1.48. The lowest BCUT2D eigenvalue weighted by Gasteiger charge is -2.08. The highest BCUT2D eigenvalue weighted by Gasteiger charge is 2.30. The van der Waals surface area contributed by atoms with Crippen LogP contribution in [0.5, 0.6) is 5.75 Å². The van der Waals surface area contributed by atoms with Crippen LogP contribution in [0.15, 0.2) is 46.3 Å². The maximum Gasteiger partial charge on any atom is 0.573 e. The van der Waals surface area contributed by atoms with E-state index in [-0.39, 0.29) is 11.5 Å². The Morgan fingerprint density at radius 1 is 1.24 bits per heavy atom. The molecule has 2 nitrogen and oxygen atoms in total. The first-order chi connectivity index (χ1) is 9.83. The summed E-state index contributed by atoms with van der Waals surface area (Å²) in [5, 5.41) is 1.80. The number of rotatable bonds is 4. The fourth-order valence-corrected chi connectivity index (χ4v) is 2.82. The number of ketones is 1. The predicted octanol–water partition coefficient (Wildman–Crippen LogP) is 5.31. The van der Waals surface area contributed by atoms with Crippen LogP contribution < -0.4 is 4.74 Å². The Morgan fingerprint density at radius 2 is 1.90 bits per heavy atom. The summed E-state index contributed by atoms with van der Waals surface area (Å²) in [5.74, 6) is -0.463. The molecule has 110 valence electrons. The molecule has 0 spiro atoms. The summed E-state index contributed by atoms with van der Waals surface area (Å²) in [4.78, 5) is 12.4. The Morgan fingerprint density at radius 3 is 2.43 bits per heavy atom. The van der Waals surface area contributed by atoms with E-state index in [9.17, 15) is 18.0 Å². The Bertz CT molecular complexity index is 660. The van der Waals surface area contributed by atoms with Crippen LogP contribution in [0.3, 0.4) is 0 Å². The number of thiophene rings is 1. The van der Waals surface area contributed by atoms with Crippen molar-refractivity contribution in [2.24, 2.45) is 0 Å². The van der Waals surface area contributed by atoms with E-state index in [4.69, 9.17) is 0 Å². The Hall–Kier alpha value is -1.60. The van der Waals surface area contributed by atoms with Gasteiger partial charge >= 0.3 is 6.36 Å². The molecule has 0 aliphatic carbocycles. The second-order valence-electron chi connectivity index (χ2n) is 3.94. The molecule has 0 aliphatic heterocycles. The molecule has 0 N–H and O–H groups in total. The number of hydrogen-bond acceptors (Lipinski definition) is 3. The van der Waals surface area contributed by atoms with Crippen molar-refractivity contribution in [2.75, 3.05) is 0 Å². The quantitative estimate of drug-likeness (QED) is 0.534. The molecule has 1 heterocycles. The van der Waals surface area contributed by atoms with E-state index in [0.29, 0.717) is 10.4 Å². The molecule has 1 aromatic carbocycles. The van der Waals surface area contributed by atoms with E-state index >= 15 is 0 Å². The standard InChI is InChI=1S/C14H8BrF3O2S/c15-10-7-13(21-8-10)12(19)6-3-9-1-4-11(5-2-9)20-14(16,17)18/h1-8H. The summed E-state index contributed by atoms with van der Waals surface area (Å²) in [6.07, 6.45) is -1.80. The van der Waals surface area contributed by atoms with E-state index in [1.54, 1.807) is 11.4 Å². The lowest BCUT2D eigenvalue weighted by Crippen LogP contribution is -2.16. The molecule has 0 saturated heterocycles. The van der Waals surface area contributed by atoms with Crippen molar-refractivity contribution in [3.05, 3.63) is 56.7 Å². The van der Waals surface area contributed by atoms with Crippen LogP contribution in [0.4, 0.5) is 13.2 Å². The van der Waals surface area contributed by atoms with Gasteiger partial charge in [-0.15, -0.1) is 24.5 Å². The molecule has 0 bridgehead atoms. The van der Waals surface area contributed by atoms with E-state index < -0.39 is 6.36 Å². The summed E-state index contributed by atoms with van der Waals surface area (Å²) < 4.78 is 40.6. The molecule has 0 fully saturated rings. The summed E-state index contributed by atoms with van der Waals surface area (Å²) in [6, 6.07) is 6.97.